The summed E-state index contributed by atoms with van der Waals surface area (Å²) in [6, 6.07) is 21.1. The lowest BCUT2D eigenvalue weighted by Crippen LogP contribution is -2.35. The Hall–Kier alpha value is -4.08. The van der Waals surface area contributed by atoms with Crippen molar-refractivity contribution in [2.24, 2.45) is 0 Å². The number of amides is 2. The molecule has 0 saturated carbocycles. The van der Waals surface area contributed by atoms with Gasteiger partial charge in [-0.1, -0.05) is 48.5 Å². The average Bonchev–Trinajstić information content (AvgIpc) is 2.91. The molecule has 1 aliphatic rings. The third-order valence-electron chi connectivity index (χ3n) is 6.15. The Bertz CT molecular complexity index is 1380. The van der Waals surface area contributed by atoms with Gasteiger partial charge in [0, 0.05) is 36.8 Å². The summed E-state index contributed by atoms with van der Waals surface area (Å²) in [5.74, 6) is -0.113. The second kappa shape index (κ2) is 11.3. The molecule has 4 aromatic rings. The minimum atomic E-state index is -2.99. The van der Waals surface area contributed by atoms with Gasteiger partial charge in [0.25, 0.3) is 0 Å². The van der Waals surface area contributed by atoms with Crippen LogP contribution >= 0.6 is 0 Å². The summed E-state index contributed by atoms with van der Waals surface area (Å²) in [6.45, 7) is 1.09. The van der Waals surface area contributed by atoms with Crippen molar-refractivity contribution in [1.29, 1.82) is 0 Å². The van der Waals surface area contributed by atoms with E-state index in [1.807, 2.05) is 48.7 Å². The van der Waals surface area contributed by atoms with Gasteiger partial charge in [-0.25, -0.2) is 4.79 Å². The lowest BCUT2D eigenvalue weighted by atomic mass is 9.98. The number of nitrogens with zero attached hydrogens (tertiary/aromatic N) is 2. The molecule has 0 bridgehead atoms. The molecule has 9 heteroatoms. The summed E-state index contributed by atoms with van der Waals surface area (Å²) >= 11 is 0. The monoisotopic (exact) mass is 504 g/mol. The zero-order chi connectivity index (χ0) is 25.6. The lowest BCUT2D eigenvalue weighted by Gasteiger charge is -2.26. The predicted molar refractivity (Wildman–Crippen MR) is 139 cm³/mol. The quantitative estimate of drug-likeness (QED) is 0.324. The molecule has 3 aromatic carbocycles. The van der Waals surface area contributed by atoms with Gasteiger partial charge in [-0.3, -0.25) is 9.88 Å². The minimum absolute atomic E-state index is 0.113. The number of aromatic nitrogens is 1. The minimum Gasteiger partial charge on any atom is -0.433 e. The first-order valence-corrected chi connectivity index (χ1v) is 12.0. The fraction of sp³-hybridized carbons (Fsp3) is 0.214. The van der Waals surface area contributed by atoms with E-state index in [1.165, 1.54) is 12.1 Å². The maximum Gasteiger partial charge on any atom is 0.387 e. The highest BCUT2D eigenvalue weighted by Crippen LogP contribution is 2.33. The van der Waals surface area contributed by atoms with Crippen molar-refractivity contribution in [2.45, 2.75) is 13.2 Å². The molecule has 37 heavy (non-hydrogen) atoms. The van der Waals surface area contributed by atoms with Crippen molar-refractivity contribution in [2.75, 3.05) is 36.9 Å². The molecule has 1 saturated heterocycles. The first kappa shape index (κ1) is 24.6. The third-order valence-corrected chi connectivity index (χ3v) is 6.15. The molecule has 190 valence electrons. The standard InChI is InChI=1S/C28H26F2N4O3/c29-27(30)37-26-8-4-3-7-25(26)33-28(35)32-24-12-11-21(22-5-1-2-6-23(22)24)19-9-10-20(31-17-19)18-34-13-15-36-16-14-34/h1-12,17,27H,13-16,18H2,(H2,32,33,35). The molecule has 2 amide bonds. The van der Waals surface area contributed by atoms with E-state index < -0.39 is 12.6 Å². The van der Waals surface area contributed by atoms with E-state index in [0.29, 0.717) is 5.69 Å². The normalized spacial score (nSPS) is 14.0. The summed E-state index contributed by atoms with van der Waals surface area (Å²) in [5, 5.41) is 7.19. The Labute approximate surface area is 213 Å². The molecule has 1 aliphatic heterocycles. The maximum atomic E-state index is 12.7. The highest BCUT2D eigenvalue weighted by Gasteiger charge is 2.15. The van der Waals surface area contributed by atoms with Crippen LogP contribution in [0.25, 0.3) is 21.9 Å². The molecular weight excluding hydrogens is 478 g/mol. The smallest absolute Gasteiger partial charge is 0.387 e. The van der Waals surface area contributed by atoms with Crippen LogP contribution in [0.1, 0.15) is 5.69 Å². The number of carbonyl (C=O) groups excluding carboxylic acids is 1. The van der Waals surface area contributed by atoms with Gasteiger partial charge in [0.1, 0.15) is 5.75 Å². The molecule has 5 rings (SSSR count). The van der Waals surface area contributed by atoms with Crippen molar-refractivity contribution in [3.8, 4) is 16.9 Å². The van der Waals surface area contributed by atoms with Gasteiger partial charge in [-0.15, -0.1) is 0 Å². The number of carbonyl (C=O) groups is 1. The van der Waals surface area contributed by atoms with E-state index in [-0.39, 0.29) is 11.4 Å². The number of para-hydroxylation sites is 2. The van der Waals surface area contributed by atoms with E-state index in [2.05, 4.69) is 31.3 Å². The molecule has 0 unspecified atom stereocenters. The number of rotatable bonds is 7. The molecule has 2 N–H and O–H groups in total. The van der Waals surface area contributed by atoms with Gasteiger partial charge in [0.2, 0.25) is 0 Å². The molecule has 1 fully saturated rings. The summed E-state index contributed by atoms with van der Waals surface area (Å²) in [5.41, 5.74) is 3.69. The molecule has 0 spiro atoms. The maximum absolute atomic E-state index is 12.7. The topological polar surface area (TPSA) is 75.7 Å². The second-order valence-corrected chi connectivity index (χ2v) is 8.59. The predicted octanol–water partition coefficient (Wildman–Crippen LogP) is 5.98. The summed E-state index contributed by atoms with van der Waals surface area (Å²) < 4.78 is 35.3. The van der Waals surface area contributed by atoms with Crippen LogP contribution in [0, 0.1) is 0 Å². The van der Waals surface area contributed by atoms with Crippen molar-refractivity contribution in [1.82, 2.24) is 9.88 Å². The van der Waals surface area contributed by atoms with Gasteiger partial charge < -0.3 is 20.1 Å². The number of hydrogen-bond acceptors (Lipinski definition) is 5. The van der Waals surface area contributed by atoms with Crippen LogP contribution in [0.5, 0.6) is 5.75 Å². The molecule has 7 nitrogen and oxygen atoms in total. The van der Waals surface area contributed by atoms with Crippen LogP contribution in [0.15, 0.2) is 79.0 Å². The van der Waals surface area contributed by atoms with Crippen LogP contribution in [0.3, 0.4) is 0 Å². The van der Waals surface area contributed by atoms with Crippen LogP contribution in [-0.4, -0.2) is 48.8 Å². The Kier molecular flexibility index (Phi) is 7.53. The van der Waals surface area contributed by atoms with E-state index >= 15 is 0 Å². The fourth-order valence-electron chi connectivity index (χ4n) is 4.37. The lowest BCUT2D eigenvalue weighted by molar-refractivity contribution is -0.0493. The zero-order valence-electron chi connectivity index (χ0n) is 20.0. The Morgan fingerprint density at radius 2 is 1.65 bits per heavy atom. The largest absolute Gasteiger partial charge is 0.433 e. The number of urea groups is 1. The highest BCUT2D eigenvalue weighted by molar-refractivity contribution is 6.10. The Morgan fingerprint density at radius 1 is 0.919 bits per heavy atom. The number of ether oxygens (including phenoxy) is 2. The number of nitrogens with one attached hydrogen (secondary N) is 2. The van der Waals surface area contributed by atoms with Crippen molar-refractivity contribution in [3.05, 3.63) is 84.7 Å². The van der Waals surface area contributed by atoms with Gasteiger partial charge >= 0.3 is 12.6 Å². The number of anilines is 2. The number of pyridine rings is 1. The summed E-state index contributed by atoms with van der Waals surface area (Å²) in [4.78, 5) is 19.7. The van der Waals surface area contributed by atoms with Gasteiger partial charge in [-0.2, -0.15) is 8.78 Å². The number of benzene rings is 3. The molecule has 0 radical (unpaired) electrons. The van der Waals surface area contributed by atoms with E-state index in [0.717, 1.165) is 60.4 Å². The summed E-state index contributed by atoms with van der Waals surface area (Å²) in [6.07, 6.45) is 1.87. The van der Waals surface area contributed by atoms with E-state index in [4.69, 9.17) is 4.74 Å². The van der Waals surface area contributed by atoms with Crippen LogP contribution in [-0.2, 0) is 11.3 Å². The van der Waals surface area contributed by atoms with E-state index in [1.54, 1.807) is 12.1 Å². The molecular formula is C28H26F2N4O3. The number of fused-ring (bicyclic) bond motifs is 1. The molecule has 1 aromatic heterocycles. The first-order valence-electron chi connectivity index (χ1n) is 12.0. The SMILES string of the molecule is O=C(Nc1ccccc1OC(F)F)Nc1ccc(-c2ccc(CN3CCOCC3)nc2)c2ccccc12. The van der Waals surface area contributed by atoms with Crippen LogP contribution < -0.4 is 15.4 Å². The number of hydrogen-bond donors (Lipinski definition) is 2. The highest BCUT2D eigenvalue weighted by atomic mass is 19.3. The number of halogens is 2. The van der Waals surface area contributed by atoms with Gasteiger partial charge in [-0.05, 0) is 35.2 Å². The zero-order valence-corrected chi connectivity index (χ0v) is 20.0. The van der Waals surface area contributed by atoms with Crippen molar-refractivity contribution < 1.29 is 23.0 Å². The average molecular weight is 505 g/mol. The van der Waals surface area contributed by atoms with E-state index in [9.17, 15) is 13.6 Å². The van der Waals surface area contributed by atoms with Gasteiger partial charge in [0.15, 0.2) is 0 Å². The number of morpholine rings is 1. The molecule has 2 heterocycles. The molecule has 0 aliphatic carbocycles. The third kappa shape index (κ3) is 6.02. The first-order chi connectivity index (χ1) is 18.1. The van der Waals surface area contributed by atoms with Crippen molar-refractivity contribution in [3.63, 3.8) is 0 Å². The summed E-state index contributed by atoms with van der Waals surface area (Å²) in [7, 11) is 0. The molecule has 0 atom stereocenters. The van der Waals surface area contributed by atoms with Crippen LogP contribution in [0.4, 0.5) is 25.0 Å². The fourth-order valence-corrected chi connectivity index (χ4v) is 4.37. The van der Waals surface area contributed by atoms with Gasteiger partial charge in [0.05, 0.1) is 30.3 Å². The Balaban J connectivity index is 1.35. The second-order valence-electron chi connectivity index (χ2n) is 8.59. The van der Waals surface area contributed by atoms with Crippen molar-refractivity contribution >= 4 is 28.2 Å². The Morgan fingerprint density at radius 3 is 2.41 bits per heavy atom. The van der Waals surface area contributed by atoms with Crippen LogP contribution in [0.2, 0.25) is 0 Å². The number of alkyl halides is 2.